The lowest BCUT2D eigenvalue weighted by Crippen LogP contribution is -1.99. The van der Waals surface area contributed by atoms with Gasteiger partial charge >= 0.3 is 0 Å². The maximum atomic E-state index is 10.4. The molecule has 160 valence electrons. The van der Waals surface area contributed by atoms with Crippen molar-refractivity contribution in [3.8, 4) is 28.4 Å². The summed E-state index contributed by atoms with van der Waals surface area (Å²) in [6, 6.07) is 31.1. The SMILES string of the molecule is Oc1ccc2ccccc2c1C=NNc1cc(-c2ccccc2)nc(-c2ccc(Br)cc2)n1. The summed E-state index contributed by atoms with van der Waals surface area (Å²) in [6.07, 6.45) is 1.61. The zero-order valence-electron chi connectivity index (χ0n) is 17.5. The molecule has 5 nitrogen and oxygen atoms in total. The van der Waals surface area contributed by atoms with Gasteiger partial charge in [-0.05, 0) is 29.0 Å². The largest absolute Gasteiger partial charge is 0.507 e. The van der Waals surface area contributed by atoms with E-state index in [9.17, 15) is 5.11 Å². The molecule has 0 aliphatic heterocycles. The Bertz CT molecular complexity index is 1450. The van der Waals surface area contributed by atoms with Crippen molar-refractivity contribution in [1.82, 2.24) is 9.97 Å². The van der Waals surface area contributed by atoms with Gasteiger partial charge < -0.3 is 5.11 Å². The van der Waals surface area contributed by atoms with Gasteiger partial charge in [0.15, 0.2) is 11.6 Å². The van der Waals surface area contributed by atoms with E-state index in [2.05, 4.69) is 31.4 Å². The summed E-state index contributed by atoms with van der Waals surface area (Å²) in [7, 11) is 0. The van der Waals surface area contributed by atoms with Crippen molar-refractivity contribution in [2.75, 3.05) is 5.43 Å². The van der Waals surface area contributed by atoms with Gasteiger partial charge in [-0.3, -0.25) is 5.43 Å². The van der Waals surface area contributed by atoms with E-state index in [0.29, 0.717) is 17.2 Å². The van der Waals surface area contributed by atoms with Gasteiger partial charge in [-0.2, -0.15) is 5.10 Å². The molecule has 0 unspecified atom stereocenters. The first kappa shape index (κ1) is 20.8. The summed E-state index contributed by atoms with van der Waals surface area (Å²) in [6.45, 7) is 0. The van der Waals surface area contributed by atoms with Crippen LogP contribution in [0, 0.1) is 0 Å². The predicted molar refractivity (Wildman–Crippen MR) is 137 cm³/mol. The summed E-state index contributed by atoms with van der Waals surface area (Å²) >= 11 is 3.47. The average Bonchev–Trinajstić information content (AvgIpc) is 2.86. The first-order chi connectivity index (χ1) is 16.2. The summed E-state index contributed by atoms with van der Waals surface area (Å²) < 4.78 is 0.989. The zero-order valence-corrected chi connectivity index (χ0v) is 19.1. The Hall–Kier alpha value is -4.03. The molecular formula is C27H19BrN4O. The third-order valence-corrected chi connectivity index (χ3v) is 5.75. The lowest BCUT2D eigenvalue weighted by molar-refractivity contribution is 0.475. The van der Waals surface area contributed by atoms with Crippen LogP contribution in [0.1, 0.15) is 5.56 Å². The Morgan fingerprint density at radius 1 is 0.788 bits per heavy atom. The Labute approximate surface area is 199 Å². The number of rotatable bonds is 5. The van der Waals surface area contributed by atoms with Crippen LogP contribution < -0.4 is 5.43 Å². The standard InChI is InChI=1S/C27H19BrN4O/c28-21-13-10-20(11-14-21)27-30-24(19-7-2-1-3-8-19)16-26(31-27)32-29-17-23-22-9-5-4-6-18(22)12-15-25(23)33/h1-17,33H,(H,30,31,32). The number of nitrogens with one attached hydrogen (secondary N) is 1. The number of hydrogen-bond donors (Lipinski definition) is 2. The van der Waals surface area contributed by atoms with Crippen molar-refractivity contribution in [3.63, 3.8) is 0 Å². The number of fused-ring (bicyclic) bond motifs is 1. The molecule has 1 heterocycles. The van der Waals surface area contributed by atoms with Gasteiger partial charge in [0, 0.05) is 27.2 Å². The Balaban J connectivity index is 1.52. The molecule has 5 rings (SSSR count). The molecule has 0 radical (unpaired) electrons. The minimum atomic E-state index is 0.169. The van der Waals surface area contributed by atoms with E-state index in [1.54, 1.807) is 12.3 Å². The van der Waals surface area contributed by atoms with E-state index in [-0.39, 0.29) is 5.75 Å². The highest BCUT2D eigenvalue weighted by Gasteiger charge is 2.09. The van der Waals surface area contributed by atoms with Gasteiger partial charge in [-0.15, -0.1) is 0 Å². The van der Waals surface area contributed by atoms with Gasteiger partial charge in [0.05, 0.1) is 11.9 Å². The van der Waals surface area contributed by atoms with Crippen LogP contribution in [0.4, 0.5) is 5.82 Å². The molecule has 0 spiro atoms. The van der Waals surface area contributed by atoms with Crippen LogP contribution in [-0.2, 0) is 0 Å². The summed E-state index contributed by atoms with van der Waals surface area (Å²) in [5, 5.41) is 16.7. The molecule has 0 amide bonds. The van der Waals surface area contributed by atoms with Crippen LogP contribution in [0.3, 0.4) is 0 Å². The zero-order chi connectivity index (χ0) is 22.6. The topological polar surface area (TPSA) is 70.4 Å². The molecule has 0 atom stereocenters. The Morgan fingerprint density at radius 2 is 1.55 bits per heavy atom. The van der Waals surface area contributed by atoms with E-state index >= 15 is 0 Å². The number of phenolic OH excluding ortho intramolecular Hbond substituents is 1. The predicted octanol–water partition coefficient (Wildman–Crippen LogP) is 6.88. The molecule has 0 fully saturated rings. The van der Waals surface area contributed by atoms with Gasteiger partial charge in [-0.25, -0.2) is 9.97 Å². The van der Waals surface area contributed by atoms with Crippen molar-refractivity contribution in [2.45, 2.75) is 0 Å². The van der Waals surface area contributed by atoms with Gasteiger partial charge in [0.1, 0.15) is 5.75 Å². The second-order valence-corrected chi connectivity index (χ2v) is 8.34. The summed E-state index contributed by atoms with van der Waals surface area (Å²) in [5.41, 5.74) is 6.33. The van der Waals surface area contributed by atoms with Crippen molar-refractivity contribution >= 4 is 38.7 Å². The maximum absolute atomic E-state index is 10.4. The minimum absolute atomic E-state index is 0.169. The number of aromatic nitrogens is 2. The van der Waals surface area contributed by atoms with Gasteiger partial charge in [-0.1, -0.05) is 88.7 Å². The highest BCUT2D eigenvalue weighted by Crippen LogP contribution is 2.27. The molecule has 0 bridgehead atoms. The molecule has 33 heavy (non-hydrogen) atoms. The fraction of sp³-hybridized carbons (Fsp3) is 0. The van der Waals surface area contributed by atoms with Crippen LogP contribution in [0.5, 0.6) is 5.75 Å². The first-order valence-corrected chi connectivity index (χ1v) is 11.2. The third kappa shape index (κ3) is 4.61. The number of hydrogen-bond acceptors (Lipinski definition) is 5. The van der Waals surface area contributed by atoms with E-state index < -0.39 is 0 Å². The smallest absolute Gasteiger partial charge is 0.162 e. The highest BCUT2D eigenvalue weighted by atomic mass is 79.9. The van der Waals surface area contributed by atoms with Gasteiger partial charge in [0.25, 0.3) is 0 Å². The molecule has 0 aliphatic carbocycles. The van der Waals surface area contributed by atoms with Crippen LogP contribution in [-0.4, -0.2) is 21.3 Å². The Kier molecular flexibility index (Phi) is 5.83. The van der Waals surface area contributed by atoms with E-state index in [1.165, 1.54) is 0 Å². The second-order valence-electron chi connectivity index (χ2n) is 7.42. The number of anilines is 1. The molecule has 2 N–H and O–H groups in total. The summed E-state index contributed by atoms with van der Waals surface area (Å²) in [5.74, 6) is 1.31. The molecule has 6 heteroatoms. The normalized spacial score (nSPS) is 11.2. The fourth-order valence-corrected chi connectivity index (χ4v) is 3.84. The highest BCUT2D eigenvalue weighted by molar-refractivity contribution is 9.10. The van der Waals surface area contributed by atoms with E-state index in [4.69, 9.17) is 4.98 Å². The fourth-order valence-electron chi connectivity index (χ4n) is 3.57. The number of halogens is 1. The molecule has 1 aromatic heterocycles. The van der Waals surface area contributed by atoms with Crippen molar-refractivity contribution < 1.29 is 5.11 Å². The second kappa shape index (κ2) is 9.22. The number of hydrazone groups is 1. The lowest BCUT2D eigenvalue weighted by Gasteiger charge is -2.09. The molecule has 5 aromatic rings. The number of nitrogens with zero attached hydrogens (tertiary/aromatic N) is 3. The molecule has 0 saturated heterocycles. The number of aromatic hydroxyl groups is 1. The lowest BCUT2D eigenvalue weighted by atomic mass is 10.0. The Morgan fingerprint density at radius 3 is 2.36 bits per heavy atom. The monoisotopic (exact) mass is 494 g/mol. The molecule has 0 saturated carbocycles. The minimum Gasteiger partial charge on any atom is -0.507 e. The first-order valence-electron chi connectivity index (χ1n) is 10.4. The van der Waals surface area contributed by atoms with Crippen LogP contribution in [0.25, 0.3) is 33.4 Å². The summed E-state index contributed by atoms with van der Waals surface area (Å²) in [4.78, 5) is 9.43. The van der Waals surface area contributed by atoms with Crippen LogP contribution in [0.15, 0.2) is 107 Å². The van der Waals surface area contributed by atoms with Crippen molar-refractivity contribution in [3.05, 3.63) is 107 Å². The molecule has 4 aromatic carbocycles. The van der Waals surface area contributed by atoms with Crippen molar-refractivity contribution in [1.29, 1.82) is 0 Å². The van der Waals surface area contributed by atoms with Crippen molar-refractivity contribution in [2.24, 2.45) is 5.10 Å². The third-order valence-electron chi connectivity index (χ3n) is 5.22. The molecular weight excluding hydrogens is 476 g/mol. The van der Waals surface area contributed by atoms with Gasteiger partial charge in [0.2, 0.25) is 0 Å². The molecule has 0 aliphatic rings. The maximum Gasteiger partial charge on any atom is 0.162 e. The number of phenols is 1. The number of benzene rings is 4. The van der Waals surface area contributed by atoms with Crippen LogP contribution in [0.2, 0.25) is 0 Å². The van der Waals surface area contributed by atoms with Crippen LogP contribution >= 0.6 is 15.9 Å². The van der Waals surface area contributed by atoms with E-state index in [0.717, 1.165) is 32.1 Å². The van der Waals surface area contributed by atoms with E-state index in [1.807, 2.05) is 91.0 Å². The average molecular weight is 495 g/mol. The quantitative estimate of drug-likeness (QED) is 0.206.